The number of terminal acetylenes is 1. The molecule has 0 radical (unpaired) electrons. The highest BCUT2D eigenvalue weighted by molar-refractivity contribution is 5.95. The fourth-order valence-corrected chi connectivity index (χ4v) is 3.21. The molecule has 0 N–H and O–H groups in total. The third-order valence-corrected chi connectivity index (χ3v) is 5.73. The van der Waals surface area contributed by atoms with Gasteiger partial charge in [-0.1, -0.05) is 85.7 Å². The van der Waals surface area contributed by atoms with E-state index < -0.39 is 0 Å². The van der Waals surface area contributed by atoms with Gasteiger partial charge < -0.3 is 0 Å². The molecule has 0 aliphatic rings. The summed E-state index contributed by atoms with van der Waals surface area (Å²) >= 11 is 0. The second-order valence-corrected chi connectivity index (χ2v) is 8.70. The van der Waals surface area contributed by atoms with Gasteiger partial charge in [-0.2, -0.15) is 0 Å². The number of halogens is 1. The zero-order valence-electron chi connectivity index (χ0n) is 23.2. The highest BCUT2D eigenvalue weighted by Gasteiger charge is 2.04. The number of carbonyl (C=O) groups is 1. The SMILES string of the molecule is C#C.C=C/C(=C\C=C(/C)CCCCC(C=C)CC)CCC(=O)/C(C)=C/C=C\C.Cc1ccc(F)cc1. The number of hydrogen-bond acceptors (Lipinski definition) is 1. The topological polar surface area (TPSA) is 17.1 Å². The van der Waals surface area contributed by atoms with Gasteiger partial charge in [-0.15, -0.1) is 19.4 Å². The van der Waals surface area contributed by atoms with Crippen molar-refractivity contribution in [1.82, 2.24) is 0 Å². The molecule has 196 valence electrons. The molecule has 1 nitrogen and oxygen atoms in total. The maximum Gasteiger partial charge on any atom is 0.158 e. The summed E-state index contributed by atoms with van der Waals surface area (Å²) in [4.78, 5) is 12.1. The molecule has 0 spiro atoms. The van der Waals surface area contributed by atoms with E-state index in [0.29, 0.717) is 12.3 Å². The fourth-order valence-electron chi connectivity index (χ4n) is 3.21. The van der Waals surface area contributed by atoms with Crippen molar-refractivity contribution in [2.24, 2.45) is 5.92 Å². The quantitative estimate of drug-likeness (QED) is 0.0833. The van der Waals surface area contributed by atoms with Gasteiger partial charge in [0.25, 0.3) is 0 Å². The largest absolute Gasteiger partial charge is 0.295 e. The van der Waals surface area contributed by atoms with Crippen molar-refractivity contribution < 1.29 is 9.18 Å². The molecule has 1 atom stereocenters. The highest BCUT2D eigenvalue weighted by Crippen LogP contribution is 2.17. The van der Waals surface area contributed by atoms with Gasteiger partial charge in [0.05, 0.1) is 0 Å². The second-order valence-electron chi connectivity index (χ2n) is 8.70. The van der Waals surface area contributed by atoms with Gasteiger partial charge in [0.1, 0.15) is 5.82 Å². The van der Waals surface area contributed by atoms with Gasteiger partial charge >= 0.3 is 0 Å². The first-order chi connectivity index (χ1) is 17.3. The van der Waals surface area contributed by atoms with Crippen LogP contribution in [-0.4, -0.2) is 5.78 Å². The summed E-state index contributed by atoms with van der Waals surface area (Å²) in [5, 5.41) is 0. The van der Waals surface area contributed by atoms with Crippen molar-refractivity contribution in [1.29, 1.82) is 0 Å². The summed E-state index contributed by atoms with van der Waals surface area (Å²) in [7, 11) is 0. The van der Waals surface area contributed by atoms with E-state index in [2.05, 4.69) is 58.1 Å². The number of aryl methyl sites for hydroxylation is 1. The van der Waals surface area contributed by atoms with E-state index in [1.165, 1.54) is 43.4 Å². The number of Topliss-reactive ketones (excluding diaryl/α,β-unsaturated/α-hetero) is 1. The summed E-state index contributed by atoms with van der Waals surface area (Å²) in [6, 6.07) is 6.40. The van der Waals surface area contributed by atoms with Crippen LogP contribution in [0.3, 0.4) is 0 Å². The molecule has 0 aromatic heterocycles. The van der Waals surface area contributed by atoms with Crippen molar-refractivity contribution in [3.8, 4) is 12.8 Å². The van der Waals surface area contributed by atoms with Crippen molar-refractivity contribution in [2.75, 3.05) is 0 Å². The van der Waals surface area contributed by atoms with Crippen molar-refractivity contribution in [3.63, 3.8) is 0 Å². The van der Waals surface area contributed by atoms with E-state index in [1.807, 2.05) is 45.1 Å². The second kappa shape index (κ2) is 23.6. The van der Waals surface area contributed by atoms with E-state index >= 15 is 0 Å². The number of unbranched alkanes of at least 4 members (excludes halogenated alkanes) is 1. The molecular weight excluding hydrogens is 443 g/mol. The van der Waals surface area contributed by atoms with Crippen molar-refractivity contribution in [3.05, 3.63) is 108 Å². The van der Waals surface area contributed by atoms with E-state index in [4.69, 9.17) is 0 Å². The van der Waals surface area contributed by atoms with Gasteiger partial charge in [-0.3, -0.25) is 4.79 Å². The van der Waals surface area contributed by atoms with Crippen LogP contribution in [0.25, 0.3) is 0 Å². The standard InChI is InChI=1S/C25H38O.C7H7F.C2H2/c1-7-11-15-22(6)25(26)20-19-24(10-4)18-17-21(5)14-12-13-16-23(8-2)9-3;1-6-2-4-7(8)5-3-6;1-2/h7-8,10-11,15,17-18,23H,2,4,9,12-14,16,19-20H2,1,3,5-6H3;2-5H,1H3;1-2H/b11-7-,21-17+,22-15+,24-18+;;. The lowest BCUT2D eigenvalue weighted by Gasteiger charge is -2.08. The number of benzene rings is 1. The van der Waals surface area contributed by atoms with Gasteiger partial charge in [0, 0.05) is 6.42 Å². The van der Waals surface area contributed by atoms with Gasteiger partial charge in [-0.05, 0) is 89.0 Å². The molecule has 0 saturated heterocycles. The van der Waals surface area contributed by atoms with Crippen LogP contribution in [0.15, 0.2) is 96.7 Å². The number of rotatable bonds is 14. The van der Waals surface area contributed by atoms with Crippen LogP contribution in [-0.2, 0) is 4.79 Å². The Morgan fingerprint density at radius 2 is 1.64 bits per heavy atom. The predicted octanol–water partition coefficient (Wildman–Crippen LogP) is 10.1. The van der Waals surface area contributed by atoms with Crippen molar-refractivity contribution >= 4 is 5.78 Å². The van der Waals surface area contributed by atoms with Crippen LogP contribution in [0, 0.1) is 31.5 Å². The van der Waals surface area contributed by atoms with Gasteiger partial charge in [0.2, 0.25) is 0 Å². The molecule has 0 aliphatic heterocycles. The number of allylic oxidation sites excluding steroid dienone is 10. The molecule has 0 aliphatic carbocycles. The first kappa shape index (κ1) is 35.0. The number of carbonyl (C=O) groups excluding carboxylic acids is 1. The van der Waals surface area contributed by atoms with Crippen LogP contribution < -0.4 is 0 Å². The van der Waals surface area contributed by atoms with E-state index in [1.54, 1.807) is 12.1 Å². The Hall–Kier alpha value is -3.18. The van der Waals surface area contributed by atoms with Crippen LogP contribution >= 0.6 is 0 Å². The van der Waals surface area contributed by atoms with E-state index in [-0.39, 0.29) is 11.6 Å². The summed E-state index contributed by atoms with van der Waals surface area (Å²) < 4.78 is 12.1. The molecule has 0 bridgehead atoms. The predicted molar refractivity (Wildman–Crippen MR) is 158 cm³/mol. The maximum absolute atomic E-state index is 12.1. The number of hydrogen-bond donors (Lipinski definition) is 0. The first-order valence-electron chi connectivity index (χ1n) is 12.8. The average molecular weight is 491 g/mol. The Morgan fingerprint density at radius 3 is 2.14 bits per heavy atom. The average Bonchev–Trinajstić information content (AvgIpc) is 2.90. The zero-order valence-corrected chi connectivity index (χ0v) is 23.2. The minimum absolute atomic E-state index is 0.171. The van der Waals surface area contributed by atoms with Gasteiger partial charge in [0.15, 0.2) is 5.78 Å². The molecule has 0 saturated carbocycles. The molecule has 1 unspecified atom stereocenters. The highest BCUT2D eigenvalue weighted by atomic mass is 19.1. The first-order valence-corrected chi connectivity index (χ1v) is 12.8. The molecule has 1 aromatic rings. The summed E-state index contributed by atoms with van der Waals surface area (Å²) in [6.07, 6.45) is 29.2. The minimum atomic E-state index is -0.171. The summed E-state index contributed by atoms with van der Waals surface area (Å²) in [5.41, 5.74) is 4.40. The third-order valence-electron chi connectivity index (χ3n) is 5.73. The zero-order chi connectivity index (χ0) is 27.8. The van der Waals surface area contributed by atoms with Gasteiger partial charge in [-0.25, -0.2) is 4.39 Å². The molecule has 0 amide bonds. The fraction of sp³-hybridized carbons (Fsp3) is 0.382. The Kier molecular flexibility index (Phi) is 22.9. The minimum Gasteiger partial charge on any atom is -0.295 e. The molecule has 36 heavy (non-hydrogen) atoms. The Balaban J connectivity index is 0. The summed E-state index contributed by atoms with van der Waals surface area (Å²) in [5.74, 6) is 0.689. The van der Waals surface area contributed by atoms with E-state index in [0.717, 1.165) is 29.6 Å². The molecule has 1 rings (SSSR count). The lowest BCUT2D eigenvalue weighted by molar-refractivity contribution is -0.115. The van der Waals surface area contributed by atoms with Crippen LogP contribution in [0.2, 0.25) is 0 Å². The Bertz CT molecular complexity index is 870. The number of ketones is 1. The monoisotopic (exact) mass is 490 g/mol. The molecular formula is C34H47FO. The molecule has 1 aromatic carbocycles. The Morgan fingerprint density at radius 1 is 1.00 bits per heavy atom. The van der Waals surface area contributed by atoms with Crippen molar-refractivity contribution in [2.45, 2.75) is 79.6 Å². The lowest BCUT2D eigenvalue weighted by atomic mass is 9.97. The molecule has 0 fully saturated rings. The molecule has 0 heterocycles. The lowest BCUT2D eigenvalue weighted by Crippen LogP contribution is -1.99. The maximum atomic E-state index is 12.1. The van der Waals surface area contributed by atoms with Crippen LogP contribution in [0.5, 0.6) is 0 Å². The Labute approximate surface area is 221 Å². The summed E-state index contributed by atoms with van der Waals surface area (Å²) in [6.45, 7) is 17.9. The van der Waals surface area contributed by atoms with Crippen LogP contribution in [0.1, 0.15) is 78.2 Å². The normalized spacial score (nSPS) is 12.6. The smallest absolute Gasteiger partial charge is 0.158 e. The van der Waals surface area contributed by atoms with E-state index in [9.17, 15) is 9.18 Å². The third kappa shape index (κ3) is 19.2. The molecule has 2 heteroatoms. The van der Waals surface area contributed by atoms with Crippen LogP contribution in [0.4, 0.5) is 4.39 Å².